The van der Waals surface area contributed by atoms with Crippen LogP contribution in [0.3, 0.4) is 0 Å². The molecule has 3 heterocycles. The zero-order valence-corrected chi connectivity index (χ0v) is 13.0. The highest BCUT2D eigenvalue weighted by molar-refractivity contribution is 5.40. The molecule has 1 aromatic rings. The Morgan fingerprint density at radius 3 is 2.26 bits per heavy atom. The standard InChI is InChI=1S/C16H22F3N3O/c17-16(18,19)15(23)5-9-21(10-6-15)12-13-3-4-14(20-11-13)22-7-1-2-8-22/h3-4,11,23H,1-2,5-10,12H2. The fraction of sp³-hybridized carbons (Fsp3) is 0.688. The van der Waals surface area contributed by atoms with Crippen LogP contribution in [0.25, 0.3) is 0 Å². The van der Waals surface area contributed by atoms with Gasteiger partial charge in [-0.25, -0.2) is 4.98 Å². The highest BCUT2D eigenvalue weighted by Crippen LogP contribution is 2.38. The molecule has 128 valence electrons. The van der Waals surface area contributed by atoms with Gasteiger partial charge in [0, 0.05) is 38.9 Å². The Kier molecular flexibility index (Phi) is 4.51. The molecule has 0 bridgehead atoms. The molecule has 0 radical (unpaired) electrons. The summed E-state index contributed by atoms with van der Waals surface area (Å²) in [6, 6.07) is 3.97. The molecule has 2 aliphatic heterocycles. The highest BCUT2D eigenvalue weighted by atomic mass is 19.4. The average Bonchev–Trinajstić information content (AvgIpc) is 3.04. The molecule has 0 aromatic carbocycles. The molecular formula is C16H22F3N3O. The van der Waals surface area contributed by atoms with Crippen molar-refractivity contribution in [1.29, 1.82) is 0 Å². The van der Waals surface area contributed by atoms with E-state index < -0.39 is 11.8 Å². The fourth-order valence-electron chi connectivity index (χ4n) is 3.27. The van der Waals surface area contributed by atoms with Gasteiger partial charge < -0.3 is 10.0 Å². The third kappa shape index (κ3) is 3.61. The van der Waals surface area contributed by atoms with Gasteiger partial charge in [-0.2, -0.15) is 13.2 Å². The van der Waals surface area contributed by atoms with E-state index in [1.165, 1.54) is 12.8 Å². The van der Waals surface area contributed by atoms with Gasteiger partial charge in [0.1, 0.15) is 5.82 Å². The number of pyridine rings is 1. The van der Waals surface area contributed by atoms with Gasteiger partial charge in [-0.15, -0.1) is 0 Å². The Hall–Kier alpha value is -1.34. The lowest BCUT2D eigenvalue weighted by molar-refractivity contribution is -0.272. The van der Waals surface area contributed by atoms with Crippen molar-refractivity contribution in [2.75, 3.05) is 31.1 Å². The summed E-state index contributed by atoms with van der Waals surface area (Å²) >= 11 is 0. The van der Waals surface area contributed by atoms with Crippen molar-refractivity contribution in [3.05, 3.63) is 23.9 Å². The summed E-state index contributed by atoms with van der Waals surface area (Å²) in [6.07, 6.45) is -0.888. The molecule has 0 unspecified atom stereocenters. The molecule has 3 rings (SSSR count). The first-order valence-electron chi connectivity index (χ1n) is 8.09. The summed E-state index contributed by atoms with van der Waals surface area (Å²) in [7, 11) is 0. The van der Waals surface area contributed by atoms with Crippen molar-refractivity contribution >= 4 is 5.82 Å². The number of halogens is 3. The molecule has 2 saturated heterocycles. The predicted molar refractivity (Wildman–Crippen MR) is 81.2 cm³/mol. The Labute approximate surface area is 133 Å². The van der Waals surface area contributed by atoms with Crippen LogP contribution in [0.1, 0.15) is 31.2 Å². The molecule has 1 aromatic heterocycles. The first kappa shape index (κ1) is 16.5. The molecule has 1 N–H and O–H groups in total. The molecule has 0 amide bonds. The second kappa shape index (κ2) is 6.28. The number of anilines is 1. The second-order valence-corrected chi connectivity index (χ2v) is 6.52. The third-order valence-corrected chi connectivity index (χ3v) is 4.86. The van der Waals surface area contributed by atoms with E-state index in [1.54, 1.807) is 6.20 Å². The molecule has 0 spiro atoms. The van der Waals surface area contributed by atoms with Gasteiger partial charge in [0.15, 0.2) is 5.60 Å². The normalized spacial score (nSPS) is 22.5. The third-order valence-electron chi connectivity index (χ3n) is 4.86. The van der Waals surface area contributed by atoms with E-state index >= 15 is 0 Å². The largest absolute Gasteiger partial charge is 0.417 e. The smallest absolute Gasteiger partial charge is 0.380 e. The van der Waals surface area contributed by atoms with Crippen molar-refractivity contribution in [3.63, 3.8) is 0 Å². The van der Waals surface area contributed by atoms with Crippen molar-refractivity contribution < 1.29 is 18.3 Å². The SMILES string of the molecule is OC1(C(F)(F)F)CCN(Cc2ccc(N3CCCC3)nc2)CC1. The minimum absolute atomic E-state index is 0.240. The Morgan fingerprint density at radius 1 is 1.09 bits per heavy atom. The summed E-state index contributed by atoms with van der Waals surface area (Å²) in [5.74, 6) is 0.969. The minimum atomic E-state index is -4.54. The van der Waals surface area contributed by atoms with E-state index in [-0.39, 0.29) is 25.9 Å². The number of rotatable bonds is 3. The first-order chi connectivity index (χ1) is 10.9. The molecule has 0 saturated carbocycles. The summed E-state index contributed by atoms with van der Waals surface area (Å²) in [4.78, 5) is 8.65. The maximum absolute atomic E-state index is 12.8. The molecular weight excluding hydrogens is 307 g/mol. The van der Waals surface area contributed by atoms with Gasteiger partial charge in [-0.3, -0.25) is 4.90 Å². The lowest BCUT2D eigenvalue weighted by atomic mass is 9.90. The van der Waals surface area contributed by atoms with Gasteiger partial charge >= 0.3 is 6.18 Å². The Balaban J connectivity index is 1.54. The zero-order valence-electron chi connectivity index (χ0n) is 13.0. The number of aromatic nitrogens is 1. The number of likely N-dealkylation sites (tertiary alicyclic amines) is 1. The topological polar surface area (TPSA) is 39.6 Å². The van der Waals surface area contributed by atoms with Crippen molar-refractivity contribution in [2.45, 2.75) is 44.0 Å². The summed E-state index contributed by atoms with van der Waals surface area (Å²) in [5.41, 5.74) is -1.54. The van der Waals surface area contributed by atoms with Crippen LogP contribution < -0.4 is 4.90 Å². The summed E-state index contributed by atoms with van der Waals surface area (Å²) < 4.78 is 38.4. The van der Waals surface area contributed by atoms with Crippen LogP contribution in [0.2, 0.25) is 0 Å². The zero-order chi connectivity index (χ0) is 16.5. The van der Waals surface area contributed by atoms with E-state index in [0.717, 1.165) is 24.5 Å². The van der Waals surface area contributed by atoms with Gasteiger partial charge in [-0.05, 0) is 37.3 Å². The van der Waals surface area contributed by atoms with E-state index in [4.69, 9.17) is 0 Å². The van der Waals surface area contributed by atoms with Gasteiger partial charge in [0.25, 0.3) is 0 Å². The second-order valence-electron chi connectivity index (χ2n) is 6.52. The van der Waals surface area contributed by atoms with E-state index in [0.29, 0.717) is 6.54 Å². The summed E-state index contributed by atoms with van der Waals surface area (Å²) in [6.45, 7) is 3.12. The maximum atomic E-state index is 12.8. The van der Waals surface area contributed by atoms with E-state index in [9.17, 15) is 18.3 Å². The first-order valence-corrected chi connectivity index (χ1v) is 8.09. The molecule has 4 nitrogen and oxygen atoms in total. The number of aliphatic hydroxyl groups is 1. The quantitative estimate of drug-likeness (QED) is 0.925. The number of hydrogen-bond donors (Lipinski definition) is 1. The van der Waals surface area contributed by atoms with Gasteiger partial charge in [0.2, 0.25) is 0 Å². The number of alkyl halides is 3. The molecule has 23 heavy (non-hydrogen) atoms. The highest BCUT2D eigenvalue weighted by Gasteiger charge is 2.54. The maximum Gasteiger partial charge on any atom is 0.417 e. The molecule has 0 atom stereocenters. The number of hydrogen-bond acceptors (Lipinski definition) is 4. The number of nitrogens with zero attached hydrogens (tertiary/aromatic N) is 3. The van der Waals surface area contributed by atoms with Crippen LogP contribution in [0.5, 0.6) is 0 Å². The van der Waals surface area contributed by atoms with Crippen LogP contribution in [0.15, 0.2) is 18.3 Å². The number of piperidine rings is 1. The van der Waals surface area contributed by atoms with Crippen molar-refractivity contribution in [2.24, 2.45) is 0 Å². The van der Waals surface area contributed by atoms with Gasteiger partial charge in [0.05, 0.1) is 0 Å². The lowest BCUT2D eigenvalue weighted by Crippen LogP contribution is -2.53. The van der Waals surface area contributed by atoms with Crippen LogP contribution >= 0.6 is 0 Å². The molecule has 0 aliphatic carbocycles. The molecule has 2 fully saturated rings. The minimum Gasteiger partial charge on any atom is -0.380 e. The monoisotopic (exact) mass is 329 g/mol. The lowest BCUT2D eigenvalue weighted by Gasteiger charge is -2.39. The van der Waals surface area contributed by atoms with Crippen molar-refractivity contribution in [1.82, 2.24) is 9.88 Å². The van der Waals surface area contributed by atoms with Crippen molar-refractivity contribution in [3.8, 4) is 0 Å². The Bertz CT molecular complexity index is 518. The fourth-order valence-corrected chi connectivity index (χ4v) is 3.27. The van der Waals surface area contributed by atoms with Crippen LogP contribution in [0.4, 0.5) is 19.0 Å². The molecule has 2 aliphatic rings. The van der Waals surface area contributed by atoms with Crippen LogP contribution in [-0.4, -0.2) is 52.9 Å². The summed E-state index contributed by atoms with van der Waals surface area (Å²) in [5, 5.41) is 9.68. The Morgan fingerprint density at radius 2 is 1.74 bits per heavy atom. The average molecular weight is 329 g/mol. The van der Waals surface area contributed by atoms with E-state index in [2.05, 4.69) is 9.88 Å². The van der Waals surface area contributed by atoms with Crippen LogP contribution in [-0.2, 0) is 6.54 Å². The molecule has 7 heteroatoms. The predicted octanol–water partition coefficient (Wildman–Crippen LogP) is 2.57. The van der Waals surface area contributed by atoms with Crippen LogP contribution in [0, 0.1) is 0 Å². The van der Waals surface area contributed by atoms with E-state index in [1.807, 2.05) is 17.0 Å². The van der Waals surface area contributed by atoms with Gasteiger partial charge in [-0.1, -0.05) is 6.07 Å².